The van der Waals surface area contributed by atoms with Gasteiger partial charge in [-0.25, -0.2) is 4.98 Å². The molecule has 2 heterocycles. The van der Waals surface area contributed by atoms with Crippen LogP contribution in [-0.4, -0.2) is 10.8 Å². The lowest BCUT2D eigenvalue weighted by Gasteiger charge is -1.93. The van der Waals surface area contributed by atoms with Crippen LogP contribution in [0.1, 0.15) is 15.4 Å². The largest absolute Gasteiger partial charge is 0.375 e. The van der Waals surface area contributed by atoms with Gasteiger partial charge in [0.25, 0.3) is 0 Å². The lowest BCUT2D eigenvalue weighted by Crippen LogP contribution is -2.01. The first kappa shape index (κ1) is 10.6. The third-order valence-electron chi connectivity index (χ3n) is 1.76. The van der Waals surface area contributed by atoms with Crippen molar-refractivity contribution in [2.45, 2.75) is 6.42 Å². The van der Waals surface area contributed by atoms with Gasteiger partial charge in [-0.15, -0.1) is 22.7 Å². The molecular weight excluding hydrogens is 252 g/mol. The molecule has 0 bridgehead atoms. The summed E-state index contributed by atoms with van der Waals surface area (Å²) in [6, 6.07) is 3.44. The predicted octanol–water partition coefficient (Wildman–Crippen LogP) is 2.87. The average molecular weight is 259 g/mol. The van der Waals surface area contributed by atoms with E-state index >= 15 is 0 Å². The fourth-order valence-corrected chi connectivity index (χ4v) is 2.66. The highest BCUT2D eigenvalue weighted by atomic mass is 35.5. The van der Waals surface area contributed by atoms with E-state index in [0.29, 0.717) is 20.0 Å². The molecule has 2 N–H and O–H groups in total. The van der Waals surface area contributed by atoms with Crippen LogP contribution in [0, 0.1) is 0 Å². The second kappa shape index (κ2) is 4.30. The highest BCUT2D eigenvalue weighted by Gasteiger charge is 2.11. The van der Waals surface area contributed by atoms with Gasteiger partial charge in [-0.2, -0.15) is 0 Å². The van der Waals surface area contributed by atoms with Gasteiger partial charge in [0.1, 0.15) is 0 Å². The third-order valence-corrected chi connectivity index (χ3v) is 3.75. The molecule has 0 amide bonds. The monoisotopic (exact) mass is 258 g/mol. The predicted molar refractivity (Wildman–Crippen MR) is 63.9 cm³/mol. The van der Waals surface area contributed by atoms with Gasteiger partial charge in [-0.3, -0.25) is 4.79 Å². The second-order valence-corrected chi connectivity index (χ2v) is 5.49. The van der Waals surface area contributed by atoms with E-state index in [1.54, 1.807) is 17.5 Å². The molecular formula is C9H7ClN2OS2. The van der Waals surface area contributed by atoms with Gasteiger partial charge in [-0.05, 0) is 12.1 Å². The van der Waals surface area contributed by atoms with Crippen LogP contribution in [-0.2, 0) is 6.42 Å². The Kier molecular flexibility index (Phi) is 3.04. The van der Waals surface area contributed by atoms with E-state index in [1.807, 2.05) is 0 Å². The number of thiophene rings is 1. The Morgan fingerprint density at radius 3 is 2.87 bits per heavy atom. The summed E-state index contributed by atoms with van der Waals surface area (Å²) in [5.74, 6) is 0.0252. The zero-order chi connectivity index (χ0) is 10.8. The van der Waals surface area contributed by atoms with Crippen molar-refractivity contribution >= 4 is 45.2 Å². The van der Waals surface area contributed by atoms with Crippen molar-refractivity contribution in [2.24, 2.45) is 0 Å². The number of thiazole rings is 1. The molecule has 0 aliphatic heterocycles. The Morgan fingerprint density at radius 1 is 1.53 bits per heavy atom. The lowest BCUT2D eigenvalue weighted by molar-refractivity contribution is 0.0996. The van der Waals surface area contributed by atoms with Crippen molar-refractivity contribution in [3.63, 3.8) is 0 Å². The summed E-state index contributed by atoms with van der Waals surface area (Å²) in [4.78, 5) is 16.4. The Balaban J connectivity index is 2.10. The third kappa shape index (κ3) is 2.56. The molecule has 2 aromatic heterocycles. The van der Waals surface area contributed by atoms with E-state index in [-0.39, 0.29) is 12.2 Å². The molecule has 0 unspecified atom stereocenters. The maximum atomic E-state index is 11.7. The summed E-state index contributed by atoms with van der Waals surface area (Å²) in [5.41, 5.74) is 6.19. The zero-order valence-electron chi connectivity index (χ0n) is 7.57. The molecule has 15 heavy (non-hydrogen) atoms. The Labute approximate surface area is 99.5 Å². The molecule has 0 radical (unpaired) electrons. The standard InChI is InChI=1S/C9H7ClN2OS2/c10-8-2-1-7(15-8)6(13)3-5-4-14-9(11)12-5/h1-2,4H,3H2,(H2,11,12). The second-order valence-electron chi connectivity index (χ2n) is 2.88. The van der Waals surface area contributed by atoms with Gasteiger partial charge in [-0.1, -0.05) is 11.6 Å². The number of ketones is 1. The smallest absolute Gasteiger partial charge is 0.180 e. The van der Waals surface area contributed by atoms with Crippen LogP contribution in [0.4, 0.5) is 5.13 Å². The first-order valence-electron chi connectivity index (χ1n) is 4.13. The number of Topliss-reactive ketones (excluding diaryl/α,β-unsaturated/α-hetero) is 1. The minimum atomic E-state index is 0.0252. The SMILES string of the molecule is Nc1nc(CC(=O)c2ccc(Cl)s2)cs1. The van der Waals surface area contributed by atoms with Crippen molar-refractivity contribution in [3.8, 4) is 0 Å². The number of nitrogens with zero attached hydrogens (tertiary/aromatic N) is 1. The van der Waals surface area contributed by atoms with Crippen LogP contribution >= 0.6 is 34.3 Å². The van der Waals surface area contributed by atoms with E-state index in [0.717, 1.165) is 0 Å². The van der Waals surface area contributed by atoms with Crippen LogP contribution in [0.2, 0.25) is 4.34 Å². The molecule has 0 fully saturated rings. The normalized spacial score (nSPS) is 10.5. The molecule has 0 aliphatic carbocycles. The number of hydrogen-bond acceptors (Lipinski definition) is 5. The minimum absolute atomic E-state index is 0.0252. The fourth-order valence-electron chi connectivity index (χ4n) is 1.12. The number of carbonyl (C=O) groups is 1. The first-order valence-corrected chi connectivity index (χ1v) is 6.21. The summed E-state index contributed by atoms with van der Waals surface area (Å²) < 4.78 is 0.621. The van der Waals surface area contributed by atoms with Crippen LogP contribution in [0.3, 0.4) is 0 Å². The lowest BCUT2D eigenvalue weighted by atomic mass is 10.2. The van der Waals surface area contributed by atoms with E-state index < -0.39 is 0 Å². The van der Waals surface area contributed by atoms with Gasteiger partial charge < -0.3 is 5.73 Å². The number of nitrogens with two attached hydrogens (primary N) is 1. The maximum Gasteiger partial charge on any atom is 0.180 e. The molecule has 0 spiro atoms. The molecule has 0 aromatic carbocycles. The Hall–Kier alpha value is -0.910. The number of halogens is 1. The number of rotatable bonds is 3. The average Bonchev–Trinajstić information content (AvgIpc) is 2.75. The molecule has 2 rings (SSSR count). The minimum Gasteiger partial charge on any atom is -0.375 e. The van der Waals surface area contributed by atoms with E-state index in [2.05, 4.69) is 4.98 Å². The summed E-state index contributed by atoms with van der Waals surface area (Å²) in [7, 11) is 0. The Morgan fingerprint density at radius 2 is 2.33 bits per heavy atom. The summed E-state index contributed by atoms with van der Waals surface area (Å²) in [5, 5.41) is 2.28. The molecule has 0 saturated heterocycles. The number of hydrogen-bond donors (Lipinski definition) is 1. The van der Waals surface area contributed by atoms with Crippen LogP contribution < -0.4 is 5.73 Å². The van der Waals surface area contributed by atoms with Crippen LogP contribution in [0.15, 0.2) is 17.5 Å². The van der Waals surface area contributed by atoms with Gasteiger partial charge in [0.2, 0.25) is 0 Å². The summed E-state index contributed by atoms with van der Waals surface area (Å²) in [6.45, 7) is 0. The number of nitrogen functional groups attached to an aromatic ring is 1. The fraction of sp³-hybridized carbons (Fsp3) is 0.111. The Bertz CT molecular complexity index is 492. The molecule has 0 saturated carbocycles. The maximum absolute atomic E-state index is 11.7. The topological polar surface area (TPSA) is 56.0 Å². The molecule has 2 aromatic rings. The number of anilines is 1. The van der Waals surface area contributed by atoms with Gasteiger partial charge in [0.15, 0.2) is 10.9 Å². The molecule has 6 heteroatoms. The van der Waals surface area contributed by atoms with Crippen LogP contribution in [0.25, 0.3) is 0 Å². The number of carbonyl (C=O) groups excluding carboxylic acids is 1. The van der Waals surface area contributed by atoms with Gasteiger partial charge in [0, 0.05) is 5.38 Å². The summed E-state index contributed by atoms with van der Waals surface area (Å²) in [6.07, 6.45) is 0.282. The van der Waals surface area contributed by atoms with Crippen molar-refractivity contribution in [1.29, 1.82) is 0 Å². The molecule has 3 nitrogen and oxygen atoms in total. The van der Waals surface area contributed by atoms with Crippen molar-refractivity contribution < 1.29 is 4.79 Å². The van der Waals surface area contributed by atoms with E-state index in [1.165, 1.54) is 22.7 Å². The van der Waals surface area contributed by atoms with Crippen LogP contribution in [0.5, 0.6) is 0 Å². The molecule has 78 valence electrons. The van der Waals surface area contributed by atoms with Crippen molar-refractivity contribution in [3.05, 3.63) is 32.4 Å². The molecule has 0 aliphatic rings. The van der Waals surface area contributed by atoms with E-state index in [9.17, 15) is 4.79 Å². The summed E-state index contributed by atoms with van der Waals surface area (Å²) >= 11 is 8.37. The zero-order valence-corrected chi connectivity index (χ0v) is 9.96. The number of aromatic nitrogens is 1. The molecule has 0 atom stereocenters. The highest BCUT2D eigenvalue weighted by molar-refractivity contribution is 7.18. The van der Waals surface area contributed by atoms with E-state index in [4.69, 9.17) is 17.3 Å². The van der Waals surface area contributed by atoms with Crippen molar-refractivity contribution in [1.82, 2.24) is 4.98 Å². The van der Waals surface area contributed by atoms with Gasteiger partial charge >= 0.3 is 0 Å². The highest BCUT2D eigenvalue weighted by Crippen LogP contribution is 2.23. The quantitative estimate of drug-likeness (QED) is 0.862. The van der Waals surface area contributed by atoms with Gasteiger partial charge in [0.05, 0.1) is 21.3 Å². The first-order chi connectivity index (χ1) is 7.15. The van der Waals surface area contributed by atoms with Crippen molar-refractivity contribution in [2.75, 3.05) is 5.73 Å².